The molecular formula is C11H8BrFO. The fourth-order valence-electron chi connectivity index (χ4n) is 1.42. The molecular weight excluding hydrogens is 247 g/mol. The fraction of sp³-hybridized carbons (Fsp3) is 0.0909. The zero-order valence-electron chi connectivity index (χ0n) is 7.55. The summed E-state index contributed by atoms with van der Waals surface area (Å²) in [5.74, 6) is 0.493. The molecule has 1 nitrogen and oxygen atoms in total. The molecule has 0 aliphatic heterocycles. The van der Waals surface area contributed by atoms with Crippen molar-refractivity contribution >= 4 is 26.7 Å². The molecule has 0 aliphatic rings. The van der Waals surface area contributed by atoms with Crippen molar-refractivity contribution in [3.05, 3.63) is 40.6 Å². The van der Waals surface area contributed by atoms with Gasteiger partial charge in [-0.15, -0.1) is 0 Å². The normalized spacial score (nSPS) is 10.5. The molecule has 0 saturated heterocycles. The molecule has 2 aromatic carbocycles. The second-order valence-corrected chi connectivity index (χ2v) is 3.80. The van der Waals surface area contributed by atoms with Gasteiger partial charge >= 0.3 is 0 Å². The summed E-state index contributed by atoms with van der Waals surface area (Å²) >= 11 is 3.32. The molecule has 0 N–H and O–H groups in total. The molecule has 0 unspecified atom stereocenters. The van der Waals surface area contributed by atoms with Crippen LogP contribution in [0.25, 0.3) is 10.8 Å². The molecule has 0 bridgehead atoms. The number of methoxy groups -OCH3 is 1. The molecule has 0 amide bonds. The molecule has 0 heterocycles. The SMILES string of the molecule is COc1cc(Br)c2c(F)cccc2c1. The van der Waals surface area contributed by atoms with Crippen LogP contribution in [0.2, 0.25) is 0 Å². The van der Waals surface area contributed by atoms with Crippen LogP contribution < -0.4 is 4.74 Å². The van der Waals surface area contributed by atoms with Gasteiger partial charge < -0.3 is 4.74 Å². The zero-order chi connectivity index (χ0) is 10.1. The highest BCUT2D eigenvalue weighted by Gasteiger charge is 2.06. The summed E-state index contributed by atoms with van der Waals surface area (Å²) in [6, 6.07) is 8.55. The summed E-state index contributed by atoms with van der Waals surface area (Å²) in [7, 11) is 1.59. The third-order valence-electron chi connectivity index (χ3n) is 2.09. The minimum absolute atomic E-state index is 0.225. The molecule has 0 aromatic heterocycles. The Balaban J connectivity index is 2.83. The molecule has 0 saturated carbocycles. The van der Waals surface area contributed by atoms with Crippen molar-refractivity contribution < 1.29 is 9.13 Å². The number of hydrogen-bond donors (Lipinski definition) is 0. The van der Waals surface area contributed by atoms with E-state index < -0.39 is 0 Å². The highest BCUT2D eigenvalue weighted by atomic mass is 79.9. The molecule has 0 spiro atoms. The smallest absolute Gasteiger partial charge is 0.132 e. The van der Waals surface area contributed by atoms with Gasteiger partial charge in [0, 0.05) is 9.86 Å². The fourth-order valence-corrected chi connectivity index (χ4v) is 2.07. The van der Waals surface area contributed by atoms with Crippen molar-refractivity contribution in [3.63, 3.8) is 0 Å². The van der Waals surface area contributed by atoms with E-state index in [2.05, 4.69) is 15.9 Å². The number of halogens is 2. The van der Waals surface area contributed by atoms with Crippen LogP contribution in [0.5, 0.6) is 5.75 Å². The van der Waals surface area contributed by atoms with Gasteiger partial charge in [-0.3, -0.25) is 0 Å². The second kappa shape index (κ2) is 3.58. The summed E-state index contributed by atoms with van der Waals surface area (Å²) in [5, 5.41) is 1.42. The van der Waals surface area contributed by atoms with E-state index in [0.29, 0.717) is 9.86 Å². The van der Waals surface area contributed by atoms with E-state index in [1.54, 1.807) is 19.2 Å². The van der Waals surface area contributed by atoms with Crippen molar-refractivity contribution in [1.82, 2.24) is 0 Å². The maximum Gasteiger partial charge on any atom is 0.132 e. The van der Waals surface area contributed by atoms with E-state index in [4.69, 9.17) is 4.74 Å². The average molecular weight is 255 g/mol. The molecule has 3 heteroatoms. The minimum Gasteiger partial charge on any atom is -0.497 e. The predicted octanol–water partition coefficient (Wildman–Crippen LogP) is 3.75. The van der Waals surface area contributed by atoms with Crippen molar-refractivity contribution in [3.8, 4) is 5.75 Å². The lowest BCUT2D eigenvalue weighted by atomic mass is 10.1. The Morgan fingerprint density at radius 1 is 1.29 bits per heavy atom. The maximum atomic E-state index is 13.4. The molecule has 0 radical (unpaired) electrons. The van der Waals surface area contributed by atoms with Crippen molar-refractivity contribution in [2.24, 2.45) is 0 Å². The largest absolute Gasteiger partial charge is 0.497 e. The second-order valence-electron chi connectivity index (χ2n) is 2.95. The first-order valence-electron chi connectivity index (χ1n) is 4.14. The van der Waals surface area contributed by atoms with Gasteiger partial charge in [-0.1, -0.05) is 12.1 Å². The van der Waals surface area contributed by atoms with Crippen LogP contribution in [-0.2, 0) is 0 Å². The zero-order valence-corrected chi connectivity index (χ0v) is 9.14. The topological polar surface area (TPSA) is 9.23 Å². The highest BCUT2D eigenvalue weighted by molar-refractivity contribution is 9.10. The number of hydrogen-bond acceptors (Lipinski definition) is 1. The maximum absolute atomic E-state index is 13.4. The van der Waals surface area contributed by atoms with E-state index in [0.717, 1.165) is 11.1 Å². The van der Waals surface area contributed by atoms with Crippen LogP contribution in [0.3, 0.4) is 0 Å². The van der Waals surface area contributed by atoms with Crippen LogP contribution in [0, 0.1) is 5.82 Å². The number of ether oxygens (including phenoxy) is 1. The Hall–Kier alpha value is -1.09. The first kappa shape index (κ1) is 9.46. The Morgan fingerprint density at radius 2 is 2.07 bits per heavy atom. The van der Waals surface area contributed by atoms with Crippen LogP contribution in [-0.4, -0.2) is 7.11 Å². The Kier molecular flexibility index (Phi) is 2.42. The molecule has 2 rings (SSSR count). The third kappa shape index (κ3) is 1.48. The lowest BCUT2D eigenvalue weighted by Crippen LogP contribution is -1.86. The van der Waals surface area contributed by atoms with Gasteiger partial charge in [0.05, 0.1) is 7.11 Å². The summed E-state index contributed by atoms with van der Waals surface area (Å²) in [5.41, 5.74) is 0. The van der Waals surface area contributed by atoms with Crippen molar-refractivity contribution in [2.75, 3.05) is 7.11 Å². The summed E-state index contributed by atoms with van der Waals surface area (Å²) in [4.78, 5) is 0. The standard InChI is InChI=1S/C11H8BrFO/c1-14-8-5-7-3-2-4-10(13)11(7)9(12)6-8/h2-6H,1H3. The lowest BCUT2D eigenvalue weighted by molar-refractivity contribution is 0.415. The van der Waals surface area contributed by atoms with E-state index in [9.17, 15) is 4.39 Å². The summed E-state index contributed by atoms with van der Waals surface area (Å²) in [6.45, 7) is 0. The van der Waals surface area contributed by atoms with Gasteiger partial charge in [0.2, 0.25) is 0 Å². The van der Waals surface area contributed by atoms with Crippen molar-refractivity contribution in [1.29, 1.82) is 0 Å². The predicted molar refractivity (Wildman–Crippen MR) is 58.2 cm³/mol. The van der Waals surface area contributed by atoms with Gasteiger partial charge in [-0.2, -0.15) is 0 Å². The number of rotatable bonds is 1. The molecule has 0 fully saturated rings. The van der Waals surface area contributed by atoms with Crippen LogP contribution >= 0.6 is 15.9 Å². The van der Waals surface area contributed by atoms with E-state index in [1.807, 2.05) is 12.1 Å². The van der Waals surface area contributed by atoms with E-state index in [1.165, 1.54) is 6.07 Å². The van der Waals surface area contributed by atoms with Gasteiger partial charge in [0.1, 0.15) is 11.6 Å². The van der Waals surface area contributed by atoms with Gasteiger partial charge in [-0.05, 0) is 39.5 Å². The minimum atomic E-state index is -0.225. The van der Waals surface area contributed by atoms with Gasteiger partial charge in [-0.25, -0.2) is 4.39 Å². The molecule has 0 aliphatic carbocycles. The van der Waals surface area contributed by atoms with Crippen LogP contribution in [0.15, 0.2) is 34.8 Å². The quantitative estimate of drug-likeness (QED) is 0.754. The van der Waals surface area contributed by atoms with Crippen molar-refractivity contribution in [2.45, 2.75) is 0 Å². The third-order valence-corrected chi connectivity index (χ3v) is 2.71. The van der Waals surface area contributed by atoms with E-state index in [-0.39, 0.29) is 5.82 Å². The first-order valence-corrected chi connectivity index (χ1v) is 4.93. The highest BCUT2D eigenvalue weighted by Crippen LogP contribution is 2.30. The number of fused-ring (bicyclic) bond motifs is 1. The summed E-state index contributed by atoms with van der Waals surface area (Å²) < 4.78 is 19.2. The number of benzene rings is 2. The lowest BCUT2D eigenvalue weighted by Gasteiger charge is -2.05. The summed E-state index contributed by atoms with van der Waals surface area (Å²) in [6.07, 6.45) is 0. The van der Waals surface area contributed by atoms with Gasteiger partial charge in [0.25, 0.3) is 0 Å². The average Bonchev–Trinajstić information content (AvgIpc) is 2.17. The monoisotopic (exact) mass is 254 g/mol. The first-order chi connectivity index (χ1) is 6.72. The molecule has 72 valence electrons. The Labute approximate surface area is 89.6 Å². The molecule has 0 atom stereocenters. The molecule has 14 heavy (non-hydrogen) atoms. The van der Waals surface area contributed by atoms with Crippen LogP contribution in [0.1, 0.15) is 0 Å². The van der Waals surface area contributed by atoms with E-state index >= 15 is 0 Å². The molecule has 2 aromatic rings. The van der Waals surface area contributed by atoms with Crippen LogP contribution in [0.4, 0.5) is 4.39 Å². The van der Waals surface area contributed by atoms with Gasteiger partial charge in [0.15, 0.2) is 0 Å². The Bertz CT molecular complexity index is 482. The Morgan fingerprint density at radius 3 is 2.79 bits per heavy atom.